The maximum Gasteiger partial charge on any atom is 0.0705 e. The van der Waals surface area contributed by atoms with Gasteiger partial charge >= 0.3 is 0 Å². The number of nitrogens with two attached hydrogens (primary N) is 1. The summed E-state index contributed by atoms with van der Waals surface area (Å²) in [6, 6.07) is 0. The summed E-state index contributed by atoms with van der Waals surface area (Å²) in [5, 5.41) is 0. The van der Waals surface area contributed by atoms with Crippen molar-refractivity contribution in [2.24, 2.45) is 11.7 Å². The summed E-state index contributed by atoms with van der Waals surface area (Å²) < 4.78 is 6.11. The molecule has 2 N–H and O–H groups in total. The lowest BCUT2D eigenvalue weighted by Crippen LogP contribution is -2.35. The zero-order chi connectivity index (χ0) is 10.0. The third-order valence-electron chi connectivity index (χ3n) is 4.20. The largest absolute Gasteiger partial charge is 0.370 e. The fourth-order valence-electron chi connectivity index (χ4n) is 3.04. The minimum absolute atomic E-state index is 0.246. The van der Waals surface area contributed by atoms with Crippen LogP contribution in [0.2, 0.25) is 0 Å². The molecule has 2 heteroatoms. The van der Waals surface area contributed by atoms with E-state index in [9.17, 15) is 0 Å². The molecule has 1 spiro atoms. The Morgan fingerprint density at radius 1 is 1.21 bits per heavy atom. The second-order valence-corrected chi connectivity index (χ2v) is 5.05. The Labute approximate surface area is 87.2 Å². The summed E-state index contributed by atoms with van der Waals surface area (Å²) in [4.78, 5) is 0. The molecule has 1 atom stereocenters. The molecule has 0 bridgehead atoms. The number of ether oxygens (including phenoxy) is 1. The van der Waals surface area contributed by atoms with Crippen molar-refractivity contribution in [2.75, 3.05) is 6.54 Å². The molecule has 1 saturated carbocycles. The van der Waals surface area contributed by atoms with Crippen molar-refractivity contribution in [1.82, 2.24) is 0 Å². The number of rotatable bonds is 2. The molecule has 2 fully saturated rings. The first kappa shape index (κ1) is 10.4. The Morgan fingerprint density at radius 3 is 2.36 bits per heavy atom. The fourth-order valence-corrected chi connectivity index (χ4v) is 3.04. The lowest BCUT2D eigenvalue weighted by Gasteiger charge is -2.36. The molecule has 1 unspecified atom stereocenters. The molecule has 14 heavy (non-hydrogen) atoms. The minimum Gasteiger partial charge on any atom is -0.370 e. The average Bonchev–Trinajstić information content (AvgIpc) is 2.63. The van der Waals surface area contributed by atoms with Crippen LogP contribution in [0, 0.1) is 5.92 Å². The molecule has 1 saturated heterocycles. The van der Waals surface area contributed by atoms with Crippen LogP contribution in [0.5, 0.6) is 0 Å². The van der Waals surface area contributed by atoms with Crippen molar-refractivity contribution < 1.29 is 4.74 Å². The van der Waals surface area contributed by atoms with Crippen LogP contribution in [0.1, 0.15) is 51.9 Å². The first-order valence-electron chi connectivity index (χ1n) is 6.16. The van der Waals surface area contributed by atoms with Gasteiger partial charge in [-0.15, -0.1) is 0 Å². The van der Waals surface area contributed by atoms with E-state index in [1.165, 1.54) is 44.9 Å². The second kappa shape index (κ2) is 4.19. The van der Waals surface area contributed by atoms with E-state index in [1.807, 2.05) is 0 Å². The van der Waals surface area contributed by atoms with Gasteiger partial charge in [0, 0.05) is 6.54 Å². The third-order valence-corrected chi connectivity index (χ3v) is 4.20. The van der Waals surface area contributed by atoms with E-state index in [0.717, 1.165) is 5.92 Å². The molecule has 0 aromatic heterocycles. The van der Waals surface area contributed by atoms with Gasteiger partial charge in [-0.3, -0.25) is 0 Å². The number of hydrogen-bond donors (Lipinski definition) is 1. The van der Waals surface area contributed by atoms with Gasteiger partial charge in [-0.1, -0.05) is 13.3 Å². The zero-order valence-electron chi connectivity index (χ0n) is 9.30. The highest BCUT2D eigenvalue weighted by Crippen LogP contribution is 2.43. The molecule has 2 rings (SSSR count). The van der Waals surface area contributed by atoms with Gasteiger partial charge < -0.3 is 10.5 Å². The summed E-state index contributed by atoms with van der Waals surface area (Å²) in [5.74, 6) is 0.959. The van der Waals surface area contributed by atoms with Crippen LogP contribution in [-0.4, -0.2) is 18.2 Å². The van der Waals surface area contributed by atoms with Gasteiger partial charge in [0.15, 0.2) is 0 Å². The van der Waals surface area contributed by atoms with Crippen LogP contribution in [0.25, 0.3) is 0 Å². The van der Waals surface area contributed by atoms with Crippen LogP contribution < -0.4 is 5.73 Å². The van der Waals surface area contributed by atoms with E-state index in [4.69, 9.17) is 10.5 Å². The quantitative estimate of drug-likeness (QED) is 0.738. The highest BCUT2D eigenvalue weighted by atomic mass is 16.5. The van der Waals surface area contributed by atoms with Crippen molar-refractivity contribution in [3.63, 3.8) is 0 Å². The van der Waals surface area contributed by atoms with E-state index in [0.29, 0.717) is 12.6 Å². The molecule has 0 radical (unpaired) electrons. The van der Waals surface area contributed by atoms with E-state index in [-0.39, 0.29) is 5.60 Å². The first-order chi connectivity index (χ1) is 6.78. The lowest BCUT2D eigenvalue weighted by molar-refractivity contribution is -0.0681. The summed E-state index contributed by atoms with van der Waals surface area (Å²) in [6.45, 7) is 3.01. The Hall–Kier alpha value is -0.0800. The van der Waals surface area contributed by atoms with Gasteiger partial charge in [0.05, 0.1) is 11.7 Å². The van der Waals surface area contributed by atoms with Gasteiger partial charge in [0.1, 0.15) is 0 Å². The van der Waals surface area contributed by atoms with Crippen LogP contribution >= 0.6 is 0 Å². The third kappa shape index (κ3) is 1.96. The molecule has 82 valence electrons. The van der Waals surface area contributed by atoms with E-state index in [1.54, 1.807) is 0 Å². The number of hydrogen-bond acceptors (Lipinski definition) is 2. The van der Waals surface area contributed by atoms with Crippen molar-refractivity contribution in [3.05, 3.63) is 0 Å². The van der Waals surface area contributed by atoms with Crippen LogP contribution in [0.15, 0.2) is 0 Å². The van der Waals surface area contributed by atoms with Gasteiger partial charge in [-0.2, -0.15) is 0 Å². The monoisotopic (exact) mass is 197 g/mol. The minimum atomic E-state index is 0.246. The van der Waals surface area contributed by atoms with Crippen molar-refractivity contribution in [3.8, 4) is 0 Å². The fraction of sp³-hybridized carbons (Fsp3) is 1.00. The molecule has 0 aromatic carbocycles. The van der Waals surface area contributed by atoms with Crippen molar-refractivity contribution in [1.29, 1.82) is 0 Å². The topological polar surface area (TPSA) is 35.2 Å². The van der Waals surface area contributed by atoms with Gasteiger partial charge in [0.25, 0.3) is 0 Å². The maximum atomic E-state index is 6.11. The molecule has 2 nitrogen and oxygen atoms in total. The Morgan fingerprint density at radius 2 is 1.86 bits per heavy atom. The first-order valence-corrected chi connectivity index (χ1v) is 6.16. The predicted molar refractivity (Wildman–Crippen MR) is 58.1 cm³/mol. The SMILES string of the molecule is CCC1CCC2(CC1)CCC(CN)O2. The smallest absolute Gasteiger partial charge is 0.0705 e. The molecule has 0 amide bonds. The Bertz CT molecular complexity index is 185. The van der Waals surface area contributed by atoms with E-state index >= 15 is 0 Å². The lowest BCUT2D eigenvalue weighted by atomic mass is 9.76. The molecule has 1 aliphatic carbocycles. The molecule has 1 aliphatic heterocycles. The van der Waals surface area contributed by atoms with E-state index in [2.05, 4.69) is 6.92 Å². The van der Waals surface area contributed by atoms with Gasteiger partial charge in [-0.25, -0.2) is 0 Å². The van der Waals surface area contributed by atoms with Crippen molar-refractivity contribution in [2.45, 2.75) is 63.6 Å². The summed E-state index contributed by atoms with van der Waals surface area (Å²) >= 11 is 0. The standard InChI is InChI=1S/C12H23NO/c1-2-10-3-6-12(7-4-10)8-5-11(9-13)14-12/h10-11H,2-9,13H2,1H3. The highest BCUT2D eigenvalue weighted by Gasteiger charge is 2.41. The van der Waals surface area contributed by atoms with Crippen molar-refractivity contribution >= 4 is 0 Å². The zero-order valence-corrected chi connectivity index (χ0v) is 9.30. The normalized spacial score (nSPS) is 43.3. The summed E-state index contributed by atoms with van der Waals surface area (Å²) in [5.41, 5.74) is 5.90. The van der Waals surface area contributed by atoms with E-state index < -0.39 is 0 Å². The van der Waals surface area contributed by atoms with Gasteiger partial charge in [0.2, 0.25) is 0 Å². The van der Waals surface area contributed by atoms with Gasteiger partial charge in [-0.05, 0) is 44.4 Å². The maximum absolute atomic E-state index is 6.11. The van der Waals surface area contributed by atoms with Crippen LogP contribution in [0.3, 0.4) is 0 Å². The Balaban J connectivity index is 1.87. The molecular formula is C12H23NO. The highest BCUT2D eigenvalue weighted by molar-refractivity contribution is 4.93. The molecular weight excluding hydrogens is 174 g/mol. The average molecular weight is 197 g/mol. The molecule has 1 heterocycles. The predicted octanol–water partition coefficient (Wildman–Crippen LogP) is 2.46. The second-order valence-electron chi connectivity index (χ2n) is 5.05. The Kier molecular flexibility index (Phi) is 3.13. The van der Waals surface area contributed by atoms with Crippen LogP contribution in [0.4, 0.5) is 0 Å². The molecule has 0 aromatic rings. The summed E-state index contributed by atoms with van der Waals surface area (Å²) in [7, 11) is 0. The summed E-state index contributed by atoms with van der Waals surface area (Å²) in [6.07, 6.45) is 9.44. The van der Waals surface area contributed by atoms with Crippen LogP contribution in [-0.2, 0) is 4.74 Å². The molecule has 2 aliphatic rings.